The van der Waals surface area contributed by atoms with Crippen molar-refractivity contribution in [3.05, 3.63) is 46.1 Å². The lowest BCUT2D eigenvalue weighted by Crippen LogP contribution is -2.16. The molecule has 0 atom stereocenters. The van der Waals surface area contributed by atoms with Gasteiger partial charge in [-0.15, -0.1) is 0 Å². The van der Waals surface area contributed by atoms with Gasteiger partial charge in [-0.3, -0.25) is 14.4 Å². The molecule has 0 bridgehead atoms. The summed E-state index contributed by atoms with van der Waals surface area (Å²) in [5, 5.41) is 0. The predicted molar refractivity (Wildman–Crippen MR) is 62.7 cm³/mol. The average molecular weight is 234 g/mol. The number of Topliss-reactive ketones (excluding diaryl/α,β-unsaturated/α-hetero) is 1. The van der Waals surface area contributed by atoms with Gasteiger partial charge in [-0.25, -0.2) is 0 Å². The van der Waals surface area contributed by atoms with Crippen LogP contribution >= 0.6 is 0 Å². The summed E-state index contributed by atoms with van der Waals surface area (Å²) in [5.41, 5.74) is 0.191. The average Bonchev–Trinajstić information content (AvgIpc) is 2.44. The molecule has 0 saturated carbocycles. The molecule has 0 unspecified atom stereocenters. The van der Waals surface area contributed by atoms with E-state index in [1.807, 2.05) is 0 Å². The van der Waals surface area contributed by atoms with Crippen LogP contribution < -0.4 is 5.43 Å². The number of ether oxygens (including phenoxy) is 1. The summed E-state index contributed by atoms with van der Waals surface area (Å²) < 4.78 is 4.66. The first kappa shape index (κ1) is 13.1. The Balaban J connectivity index is 2.66. The van der Waals surface area contributed by atoms with Crippen molar-refractivity contribution < 1.29 is 14.3 Å². The van der Waals surface area contributed by atoms with Gasteiger partial charge in [0.25, 0.3) is 0 Å². The number of carbonyl (C=O) groups is 2. The summed E-state index contributed by atoms with van der Waals surface area (Å²) in [6.07, 6.45) is -0.321. The van der Waals surface area contributed by atoms with Gasteiger partial charge in [0.1, 0.15) is 12.2 Å². The molecule has 0 N–H and O–H groups in total. The fourth-order valence-electron chi connectivity index (χ4n) is 1.36. The van der Waals surface area contributed by atoms with Crippen LogP contribution in [0.2, 0.25) is 0 Å². The van der Waals surface area contributed by atoms with Crippen LogP contribution in [0.5, 0.6) is 0 Å². The second-order valence-corrected chi connectivity index (χ2v) is 3.50. The summed E-state index contributed by atoms with van der Waals surface area (Å²) >= 11 is 0. The SMILES string of the molecule is CCOC(=O)CC(=O)Cc1cccccc1=O. The van der Waals surface area contributed by atoms with Crippen LogP contribution in [-0.2, 0) is 20.7 Å². The summed E-state index contributed by atoms with van der Waals surface area (Å²) in [6.45, 7) is 1.93. The number of esters is 1. The molecule has 0 amide bonds. The molecular formula is C13H14O4. The van der Waals surface area contributed by atoms with Gasteiger partial charge in [-0.05, 0) is 13.0 Å². The van der Waals surface area contributed by atoms with Crippen LogP contribution in [0.4, 0.5) is 0 Å². The van der Waals surface area contributed by atoms with Gasteiger partial charge in [0.05, 0.1) is 6.61 Å². The molecule has 1 rings (SSSR count). The van der Waals surface area contributed by atoms with E-state index in [-0.39, 0.29) is 30.7 Å². The number of hydrogen-bond acceptors (Lipinski definition) is 4. The zero-order valence-corrected chi connectivity index (χ0v) is 9.64. The van der Waals surface area contributed by atoms with Crippen molar-refractivity contribution in [3.8, 4) is 0 Å². The molecule has 1 aromatic rings. The molecule has 0 aromatic heterocycles. The Hall–Kier alpha value is -1.97. The molecule has 0 radical (unpaired) electrons. The van der Waals surface area contributed by atoms with Crippen LogP contribution in [-0.4, -0.2) is 18.4 Å². The summed E-state index contributed by atoms with van der Waals surface area (Å²) in [7, 11) is 0. The zero-order valence-electron chi connectivity index (χ0n) is 9.64. The minimum atomic E-state index is -0.551. The standard InChI is InChI=1S/C13H14O4/c1-2-17-13(16)9-11(14)8-10-6-4-3-5-7-12(10)15/h3-7H,2,8-9H2,1H3. The van der Waals surface area contributed by atoms with E-state index in [0.717, 1.165) is 0 Å². The zero-order chi connectivity index (χ0) is 12.7. The molecule has 0 spiro atoms. The Bertz CT molecular complexity index is 465. The second-order valence-electron chi connectivity index (χ2n) is 3.50. The molecular weight excluding hydrogens is 220 g/mol. The van der Waals surface area contributed by atoms with Crippen molar-refractivity contribution in [1.29, 1.82) is 0 Å². The molecule has 17 heavy (non-hydrogen) atoms. The molecule has 90 valence electrons. The topological polar surface area (TPSA) is 60.4 Å². The highest BCUT2D eigenvalue weighted by Gasteiger charge is 2.11. The van der Waals surface area contributed by atoms with Gasteiger partial charge in [-0.1, -0.05) is 24.3 Å². The number of carbonyl (C=O) groups excluding carboxylic acids is 2. The van der Waals surface area contributed by atoms with Gasteiger partial charge >= 0.3 is 5.97 Å². The van der Waals surface area contributed by atoms with Crippen molar-refractivity contribution >= 4 is 11.8 Å². The van der Waals surface area contributed by atoms with Crippen LogP contribution in [0.3, 0.4) is 0 Å². The van der Waals surface area contributed by atoms with Crippen LogP contribution in [0.1, 0.15) is 18.9 Å². The minimum Gasteiger partial charge on any atom is -0.466 e. The van der Waals surface area contributed by atoms with E-state index in [4.69, 9.17) is 0 Å². The largest absolute Gasteiger partial charge is 0.466 e. The Morgan fingerprint density at radius 2 is 1.88 bits per heavy atom. The minimum absolute atomic E-state index is 0.0354. The van der Waals surface area contributed by atoms with E-state index in [9.17, 15) is 14.4 Å². The third kappa shape index (κ3) is 4.59. The van der Waals surface area contributed by atoms with Gasteiger partial charge in [0.15, 0.2) is 5.43 Å². The molecule has 0 heterocycles. The Kier molecular flexibility index (Phi) is 5.07. The molecule has 0 aliphatic heterocycles. The van der Waals surface area contributed by atoms with Crippen molar-refractivity contribution in [1.82, 2.24) is 0 Å². The van der Waals surface area contributed by atoms with Gasteiger partial charge < -0.3 is 4.74 Å². The quantitative estimate of drug-likeness (QED) is 0.565. The van der Waals surface area contributed by atoms with Crippen LogP contribution in [0, 0.1) is 0 Å². The first-order valence-electron chi connectivity index (χ1n) is 5.39. The molecule has 0 aliphatic rings. The highest BCUT2D eigenvalue weighted by Crippen LogP contribution is 1.97. The van der Waals surface area contributed by atoms with Crippen LogP contribution in [0.25, 0.3) is 0 Å². The van der Waals surface area contributed by atoms with Gasteiger partial charge in [0, 0.05) is 12.0 Å². The summed E-state index contributed by atoms with van der Waals surface area (Å²) in [4.78, 5) is 34.1. The summed E-state index contributed by atoms with van der Waals surface area (Å²) in [5.74, 6) is -0.864. The summed E-state index contributed by atoms with van der Waals surface area (Å²) in [6, 6.07) is 8.00. The van der Waals surface area contributed by atoms with E-state index in [1.54, 1.807) is 31.2 Å². The van der Waals surface area contributed by atoms with Crippen LogP contribution in [0.15, 0.2) is 35.1 Å². The fraction of sp³-hybridized carbons (Fsp3) is 0.308. The van der Waals surface area contributed by atoms with Gasteiger partial charge in [0.2, 0.25) is 0 Å². The molecule has 4 heteroatoms. The van der Waals surface area contributed by atoms with Gasteiger partial charge in [-0.2, -0.15) is 0 Å². The number of ketones is 1. The lowest BCUT2D eigenvalue weighted by atomic mass is 10.1. The smallest absolute Gasteiger partial charge is 0.313 e. The molecule has 0 saturated heterocycles. The Morgan fingerprint density at radius 3 is 2.59 bits per heavy atom. The third-order valence-electron chi connectivity index (χ3n) is 2.12. The van der Waals surface area contributed by atoms with Crippen molar-refractivity contribution in [3.63, 3.8) is 0 Å². The van der Waals surface area contributed by atoms with Crippen molar-refractivity contribution in [2.24, 2.45) is 0 Å². The molecule has 0 fully saturated rings. The molecule has 4 nitrogen and oxygen atoms in total. The lowest BCUT2D eigenvalue weighted by Gasteiger charge is -2.00. The number of hydrogen-bond donors (Lipinski definition) is 0. The predicted octanol–water partition coefficient (Wildman–Crippen LogP) is 1.11. The molecule has 1 aromatic carbocycles. The van der Waals surface area contributed by atoms with E-state index in [0.29, 0.717) is 5.56 Å². The first-order chi connectivity index (χ1) is 8.13. The second kappa shape index (κ2) is 6.58. The van der Waals surface area contributed by atoms with E-state index in [1.165, 1.54) is 6.07 Å². The Morgan fingerprint density at radius 1 is 1.18 bits per heavy atom. The third-order valence-corrected chi connectivity index (χ3v) is 2.12. The Labute approximate surface area is 99.2 Å². The van der Waals surface area contributed by atoms with Crippen molar-refractivity contribution in [2.75, 3.05) is 6.61 Å². The highest BCUT2D eigenvalue weighted by molar-refractivity contribution is 5.96. The maximum absolute atomic E-state index is 11.5. The lowest BCUT2D eigenvalue weighted by molar-refractivity contribution is -0.145. The van der Waals surface area contributed by atoms with E-state index in [2.05, 4.69) is 4.74 Å². The van der Waals surface area contributed by atoms with E-state index < -0.39 is 5.97 Å². The molecule has 0 aliphatic carbocycles. The fourth-order valence-corrected chi connectivity index (χ4v) is 1.36. The first-order valence-corrected chi connectivity index (χ1v) is 5.39. The van der Waals surface area contributed by atoms with Crippen molar-refractivity contribution in [2.45, 2.75) is 19.8 Å². The monoisotopic (exact) mass is 234 g/mol. The normalized spacial score (nSPS) is 9.71. The highest BCUT2D eigenvalue weighted by atomic mass is 16.5. The maximum Gasteiger partial charge on any atom is 0.313 e. The van der Waals surface area contributed by atoms with E-state index >= 15 is 0 Å². The number of rotatable bonds is 5. The maximum atomic E-state index is 11.5.